The van der Waals surface area contributed by atoms with E-state index in [0.29, 0.717) is 22.3 Å². The van der Waals surface area contributed by atoms with Gasteiger partial charge in [0.25, 0.3) is 5.91 Å². The molecule has 0 aliphatic carbocycles. The minimum Gasteiger partial charge on any atom is -0.545 e. The van der Waals surface area contributed by atoms with Gasteiger partial charge in [0.15, 0.2) is 5.17 Å². The zero-order chi connectivity index (χ0) is 17.8. The summed E-state index contributed by atoms with van der Waals surface area (Å²) in [7, 11) is 0. The number of amides is 1. The summed E-state index contributed by atoms with van der Waals surface area (Å²) in [4.78, 5) is 30.1. The van der Waals surface area contributed by atoms with Crippen molar-refractivity contribution in [1.29, 1.82) is 0 Å². The number of hydrogen-bond donors (Lipinski definition) is 0. The molecule has 1 amide bonds. The zero-order valence-corrected chi connectivity index (χ0v) is 14.3. The normalized spacial score (nSPS) is 17.5. The molecule has 0 spiro atoms. The number of aromatic carboxylic acids is 1. The minimum atomic E-state index is -1.23. The molecule has 1 aliphatic rings. The van der Waals surface area contributed by atoms with E-state index in [4.69, 9.17) is 0 Å². The van der Waals surface area contributed by atoms with Gasteiger partial charge in [0.1, 0.15) is 0 Å². The lowest BCUT2D eigenvalue weighted by Gasteiger charge is -2.12. The SMILES string of the molecule is CCN1C(=O)/C(=C\c2ccccc2)SC1=Nc1ccc(C(=O)[O-])cc1. The van der Waals surface area contributed by atoms with Crippen LogP contribution in [0.3, 0.4) is 0 Å². The van der Waals surface area contributed by atoms with Gasteiger partial charge in [-0.05, 0) is 48.0 Å². The zero-order valence-electron chi connectivity index (χ0n) is 13.5. The maximum absolute atomic E-state index is 12.6. The molecule has 3 rings (SSSR count). The van der Waals surface area contributed by atoms with E-state index in [1.807, 2.05) is 43.3 Å². The number of thioether (sulfide) groups is 1. The first-order chi connectivity index (χ1) is 12.1. The second-order valence-corrected chi connectivity index (χ2v) is 6.31. The van der Waals surface area contributed by atoms with E-state index >= 15 is 0 Å². The molecule has 2 aromatic carbocycles. The maximum atomic E-state index is 12.6. The van der Waals surface area contributed by atoms with Gasteiger partial charge in [0.2, 0.25) is 0 Å². The number of carboxylic acids is 1. The number of nitrogens with zero attached hydrogens (tertiary/aromatic N) is 2. The van der Waals surface area contributed by atoms with Gasteiger partial charge >= 0.3 is 0 Å². The summed E-state index contributed by atoms with van der Waals surface area (Å²) < 4.78 is 0. The average Bonchev–Trinajstić information content (AvgIpc) is 2.91. The van der Waals surface area contributed by atoms with Crippen LogP contribution >= 0.6 is 11.8 Å². The van der Waals surface area contributed by atoms with E-state index in [1.54, 1.807) is 17.0 Å². The molecule has 126 valence electrons. The molecule has 1 fully saturated rings. The highest BCUT2D eigenvalue weighted by molar-refractivity contribution is 8.18. The van der Waals surface area contributed by atoms with Crippen molar-refractivity contribution in [3.63, 3.8) is 0 Å². The van der Waals surface area contributed by atoms with Crippen molar-refractivity contribution in [2.45, 2.75) is 6.92 Å². The largest absolute Gasteiger partial charge is 0.545 e. The second-order valence-electron chi connectivity index (χ2n) is 5.30. The Hall–Kier alpha value is -2.86. The monoisotopic (exact) mass is 351 g/mol. The first-order valence-corrected chi connectivity index (χ1v) is 8.56. The van der Waals surface area contributed by atoms with Crippen LogP contribution in [0.25, 0.3) is 6.08 Å². The molecule has 0 unspecified atom stereocenters. The lowest BCUT2D eigenvalue weighted by atomic mass is 10.2. The van der Waals surface area contributed by atoms with E-state index in [1.165, 1.54) is 23.9 Å². The van der Waals surface area contributed by atoms with Crippen molar-refractivity contribution < 1.29 is 14.7 Å². The highest BCUT2D eigenvalue weighted by Gasteiger charge is 2.32. The Morgan fingerprint density at radius 1 is 1.16 bits per heavy atom. The number of aliphatic imine (C=N–C) groups is 1. The Bertz CT molecular complexity index is 858. The maximum Gasteiger partial charge on any atom is 0.266 e. The quantitative estimate of drug-likeness (QED) is 0.794. The molecule has 1 heterocycles. The number of rotatable bonds is 4. The van der Waals surface area contributed by atoms with E-state index < -0.39 is 5.97 Å². The molecule has 0 bridgehead atoms. The molecule has 25 heavy (non-hydrogen) atoms. The van der Waals surface area contributed by atoms with Crippen LogP contribution in [0.15, 0.2) is 64.5 Å². The van der Waals surface area contributed by atoms with Gasteiger partial charge in [0.05, 0.1) is 16.6 Å². The van der Waals surface area contributed by atoms with Crippen LogP contribution in [0.4, 0.5) is 5.69 Å². The summed E-state index contributed by atoms with van der Waals surface area (Å²) >= 11 is 1.31. The van der Waals surface area contributed by atoms with E-state index in [2.05, 4.69) is 4.99 Å². The first kappa shape index (κ1) is 17.0. The number of likely N-dealkylation sites (N-methyl/N-ethyl adjacent to an activating group) is 1. The molecular formula is C19H15N2O3S-. The third-order valence-corrected chi connectivity index (χ3v) is 4.64. The molecular weight excluding hydrogens is 336 g/mol. The lowest BCUT2D eigenvalue weighted by Crippen LogP contribution is -2.28. The first-order valence-electron chi connectivity index (χ1n) is 7.75. The molecule has 0 N–H and O–H groups in total. The number of amidine groups is 1. The smallest absolute Gasteiger partial charge is 0.266 e. The summed E-state index contributed by atoms with van der Waals surface area (Å²) in [6, 6.07) is 15.7. The number of benzene rings is 2. The Labute approximate surface area is 149 Å². The van der Waals surface area contributed by atoms with Gasteiger partial charge in [-0.15, -0.1) is 0 Å². The summed E-state index contributed by atoms with van der Waals surface area (Å²) in [6.45, 7) is 2.40. The van der Waals surface area contributed by atoms with Crippen molar-refractivity contribution >= 4 is 40.6 Å². The molecule has 0 radical (unpaired) electrons. The molecule has 2 aromatic rings. The molecule has 5 nitrogen and oxygen atoms in total. The fourth-order valence-corrected chi connectivity index (χ4v) is 3.42. The third-order valence-electron chi connectivity index (χ3n) is 3.63. The summed E-state index contributed by atoms with van der Waals surface area (Å²) in [6.07, 6.45) is 1.84. The van der Waals surface area contributed by atoms with Gasteiger partial charge in [0, 0.05) is 6.54 Å². The molecule has 6 heteroatoms. The van der Waals surface area contributed by atoms with Gasteiger partial charge in [-0.25, -0.2) is 4.99 Å². The van der Waals surface area contributed by atoms with Crippen molar-refractivity contribution in [2.24, 2.45) is 4.99 Å². The van der Waals surface area contributed by atoms with Crippen LogP contribution in [-0.2, 0) is 4.79 Å². The van der Waals surface area contributed by atoms with Gasteiger partial charge < -0.3 is 9.90 Å². The van der Waals surface area contributed by atoms with E-state index in [0.717, 1.165) is 5.56 Å². The third kappa shape index (κ3) is 3.80. The number of carbonyl (C=O) groups excluding carboxylic acids is 2. The Morgan fingerprint density at radius 2 is 1.84 bits per heavy atom. The number of carbonyl (C=O) groups is 2. The predicted molar refractivity (Wildman–Crippen MR) is 97.3 cm³/mol. The topological polar surface area (TPSA) is 72.8 Å². The second kappa shape index (κ2) is 7.36. The van der Waals surface area contributed by atoms with Crippen LogP contribution in [-0.4, -0.2) is 28.5 Å². The molecule has 0 saturated carbocycles. The molecule has 1 saturated heterocycles. The van der Waals surface area contributed by atoms with Crippen molar-refractivity contribution in [2.75, 3.05) is 6.54 Å². The summed E-state index contributed by atoms with van der Waals surface area (Å²) in [5.74, 6) is -1.31. The predicted octanol–water partition coefficient (Wildman–Crippen LogP) is 2.67. The molecule has 1 aliphatic heterocycles. The Kier molecular flexibility index (Phi) is 5.00. The van der Waals surface area contributed by atoms with E-state index in [9.17, 15) is 14.7 Å². The lowest BCUT2D eigenvalue weighted by molar-refractivity contribution is -0.255. The molecule has 0 aromatic heterocycles. The highest BCUT2D eigenvalue weighted by Crippen LogP contribution is 2.33. The van der Waals surface area contributed by atoms with Crippen molar-refractivity contribution in [3.05, 3.63) is 70.6 Å². The standard InChI is InChI=1S/C19H16N2O3S/c1-2-21-17(22)16(12-13-6-4-3-5-7-13)25-19(21)20-15-10-8-14(9-11-15)18(23)24/h3-12H,2H2,1H3,(H,23,24)/p-1/b16-12+,20-19?. The van der Waals surface area contributed by atoms with Gasteiger partial charge in [-0.3, -0.25) is 9.69 Å². The van der Waals surface area contributed by atoms with Crippen LogP contribution in [0.2, 0.25) is 0 Å². The van der Waals surface area contributed by atoms with Crippen LogP contribution in [0.5, 0.6) is 0 Å². The van der Waals surface area contributed by atoms with Crippen molar-refractivity contribution in [3.8, 4) is 0 Å². The Balaban J connectivity index is 1.89. The summed E-state index contributed by atoms with van der Waals surface area (Å²) in [5.41, 5.74) is 1.63. The number of hydrogen-bond acceptors (Lipinski definition) is 5. The fraction of sp³-hybridized carbons (Fsp3) is 0.105. The van der Waals surface area contributed by atoms with Gasteiger partial charge in [-0.1, -0.05) is 42.5 Å². The van der Waals surface area contributed by atoms with Crippen LogP contribution in [0, 0.1) is 0 Å². The average molecular weight is 351 g/mol. The van der Waals surface area contributed by atoms with Crippen molar-refractivity contribution in [1.82, 2.24) is 4.90 Å². The Morgan fingerprint density at radius 3 is 2.44 bits per heavy atom. The van der Waals surface area contributed by atoms with E-state index in [-0.39, 0.29) is 11.5 Å². The fourth-order valence-electron chi connectivity index (χ4n) is 2.35. The number of carboxylic acid groups (broad SMARTS) is 1. The van der Waals surface area contributed by atoms with Gasteiger partial charge in [-0.2, -0.15) is 0 Å². The minimum absolute atomic E-state index is 0.0820. The summed E-state index contributed by atoms with van der Waals surface area (Å²) in [5, 5.41) is 11.4. The highest BCUT2D eigenvalue weighted by atomic mass is 32.2. The van der Waals surface area contributed by atoms with Crippen LogP contribution < -0.4 is 5.11 Å². The van der Waals surface area contributed by atoms with Crippen LogP contribution in [0.1, 0.15) is 22.8 Å². The molecule has 0 atom stereocenters.